The molecule has 0 unspecified atom stereocenters. The summed E-state index contributed by atoms with van der Waals surface area (Å²) in [5.74, 6) is 3.54. The minimum atomic E-state index is -0.119. The molecule has 0 aliphatic carbocycles. The lowest BCUT2D eigenvalue weighted by Crippen LogP contribution is -2.41. The number of amides is 1. The van der Waals surface area contributed by atoms with Crippen LogP contribution in [0.4, 0.5) is 0 Å². The van der Waals surface area contributed by atoms with Crippen LogP contribution in [0.15, 0.2) is 65.1 Å². The quantitative estimate of drug-likeness (QED) is 0.459. The third kappa shape index (κ3) is 5.61. The van der Waals surface area contributed by atoms with Crippen LogP contribution in [0.1, 0.15) is 36.1 Å². The Kier molecular flexibility index (Phi) is 7.40. The third-order valence-electron chi connectivity index (χ3n) is 5.48. The van der Waals surface area contributed by atoms with Crippen LogP contribution in [0.5, 0.6) is 23.0 Å². The first-order valence-electron chi connectivity index (χ1n) is 11.2. The zero-order valence-corrected chi connectivity index (χ0v) is 19.0. The number of ether oxygens (including phenoxy) is 4. The number of hydrogen-bond donors (Lipinski definition) is 0. The van der Waals surface area contributed by atoms with Crippen LogP contribution in [-0.4, -0.2) is 43.7 Å². The summed E-state index contributed by atoms with van der Waals surface area (Å²) in [4.78, 5) is 14.7. The molecule has 3 aromatic rings. The third-order valence-corrected chi connectivity index (χ3v) is 5.48. The first-order chi connectivity index (χ1) is 16.2. The van der Waals surface area contributed by atoms with Gasteiger partial charge in [0.25, 0.3) is 5.91 Å². The van der Waals surface area contributed by atoms with Crippen molar-refractivity contribution in [2.45, 2.75) is 32.5 Å². The smallest absolute Gasteiger partial charge is 0.289 e. The van der Waals surface area contributed by atoms with Gasteiger partial charge in [-0.05, 0) is 43.3 Å². The number of carbonyl (C=O) groups is 1. The number of rotatable bonds is 9. The Balaban J connectivity index is 1.29. The number of carbonyl (C=O) groups excluding carboxylic acids is 1. The van der Waals surface area contributed by atoms with E-state index in [-0.39, 0.29) is 18.6 Å². The molecule has 0 saturated carbocycles. The van der Waals surface area contributed by atoms with Crippen molar-refractivity contribution in [3.05, 3.63) is 72.2 Å². The van der Waals surface area contributed by atoms with Crippen LogP contribution < -0.4 is 18.9 Å². The fourth-order valence-electron chi connectivity index (χ4n) is 3.79. The van der Waals surface area contributed by atoms with E-state index in [1.165, 1.54) is 0 Å². The molecule has 0 bridgehead atoms. The maximum absolute atomic E-state index is 12.9. The van der Waals surface area contributed by atoms with Crippen molar-refractivity contribution in [1.82, 2.24) is 4.90 Å². The van der Waals surface area contributed by atoms with Gasteiger partial charge in [-0.3, -0.25) is 4.79 Å². The molecule has 1 amide bonds. The van der Waals surface area contributed by atoms with Gasteiger partial charge in [-0.25, -0.2) is 0 Å². The van der Waals surface area contributed by atoms with Crippen LogP contribution in [-0.2, 0) is 6.61 Å². The second kappa shape index (κ2) is 10.8. The largest absolute Gasteiger partial charge is 0.493 e. The lowest BCUT2D eigenvalue weighted by atomic mass is 10.1. The second-order valence-electron chi connectivity index (χ2n) is 7.69. The number of hydrogen-bond acceptors (Lipinski definition) is 6. The summed E-state index contributed by atoms with van der Waals surface area (Å²) in [6.07, 6.45) is 1.53. The van der Waals surface area contributed by atoms with E-state index in [9.17, 15) is 4.79 Å². The van der Waals surface area contributed by atoms with E-state index in [2.05, 4.69) is 0 Å². The van der Waals surface area contributed by atoms with Crippen molar-refractivity contribution >= 4 is 5.91 Å². The fourth-order valence-corrected chi connectivity index (χ4v) is 3.79. The highest BCUT2D eigenvalue weighted by molar-refractivity contribution is 5.91. The number of piperidine rings is 1. The highest BCUT2D eigenvalue weighted by Crippen LogP contribution is 2.30. The van der Waals surface area contributed by atoms with Gasteiger partial charge in [0.1, 0.15) is 18.5 Å². The number of benzene rings is 2. The van der Waals surface area contributed by atoms with Crippen LogP contribution >= 0.6 is 0 Å². The monoisotopic (exact) mass is 451 g/mol. The molecule has 4 rings (SSSR count). The van der Waals surface area contributed by atoms with E-state index >= 15 is 0 Å². The Labute approximate surface area is 193 Å². The van der Waals surface area contributed by atoms with Crippen molar-refractivity contribution < 1.29 is 28.2 Å². The molecule has 0 N–H and O–H groups in total. The molecule has 7 nitrogen and oxygen atoms in total. The summed E-state index contributed by atoms with van der Waals surface area (Å²) in [5, 5.41) is 0. The first kappa shape index (κ1) is 22.6. The van der Waals surface area contributed by atoms with E-state index < -0.39 is 0 Å². The molecule has 0 spiro atoms. The zero-order chi connectivity index (χ0) is 23.0. The average molecular weight is 452 g/mol. The van der Waals surface area contributed by atoms with Gasteiger partial charge >= 0.3 is 0 Å². The van der Waals surface area contributed by atoms with Crippen LogP contribution in [0.25, 0.3) is 0 Å². The minimum absolute atomic E-state index is 0.0390. The molecule has 174 valence electrons. The topological polar surface area (TPSA) is 70.4 Å². The second-order valence-corrected chi connectivity index (χ2v) is 7.69. The van der Waals surface area contributed by atoms with Gasteiger partial charge in [-0.15, -0.1) is 0 Å². The van der Waals surface area contributed by atoms with E-state index in [1.807, 2.05) is 55.5 Å². The first-order valence-corrected chi connectivity index (χ1v) is 11.2. The maximum Gasteiger partial charge on any atom is 0.289 e. The maximum atomic E-state index is 12.9. The molecule has 1 fully saturated rings. The highest BCUT2D eigenvalue weighted by atomic mass is 16.5. The number of para-hydroxylation sites is 4. The summed E-state index contributed by atoms with van der Waals surface area (Å²) < 4.78 is 28.6. The number of methoxy groups -OCH3 is 1. The molecular weight excluding hydrogens is 422 g/mol. The average Bonchev–Trinajstić information content (AvgIpc) is 3.33. The lowest BCUT2D eigenvalue weighted by molar-refractivity contribution is 0.0557. The van der Waals surface area contributed by atoms with Crippen molar-refractivity contribution in [3.8, 4) is 23.0 Å². The molecule has 2 aromatic carbocycles. The predicted molar refractivity (Wildman–Crippen MR) is 123 cm³/mol. The highest BCUT2D eigenvalue weighted by Gasteiger charge is 2.27. The number of nitrogens with zero attached hydrogens (tertiary/aromatic N) is 1. The van der Waals surface area contributed by atoms with Crippen molar-refractivity contribution in [2.75, 3.05) is 26.8 Å². The van der Waals surface area contributed by atoms with Crippen LogP contribution in [0.2, 0.25) is 0 Å². The fraction of sp³-hybridized carbons (Fsp3) is 0.346. The van der Waals surface area contributed by atoms with E-state index in [0.29, 0.717) is 42.7 Å². The van der Waals surface area contributed by atoms with Gasteiger partial charge in [0, 0.05) is 25.9 Å². The van der Waals surface area contributed by atoms with Crippen molar-refractivity contribution in [2.24, 2.45) is 0 Å². The van der Waals surface area contributed by atoms with Gasteiger partial charge in [0.2, 0.25) is 0 Å². The number of likely N-dealkylation sites (tertiary alicyclic amines) is 1. The van der Waals surface area contributed by atoms with Crippen LogP contribution in [0.3, 0.4) is 0 Å². The van der Waals surface area contributed by atoms with Gasteiger partial charge < -0.3 is 28.3 Å². The Hall–Kier alpha value is -3.61. The SMILES string of the molecule is CCOc1ccccc1OC1CCN(C(=O)c2ccc(COc3ccccc3OC)o2)CC1. The molecule has 1 saturated heterocycles. The summed E-state index contributed by atoms with van der Waals surface area (Å²) in [5.41, 5.74) is 0. The van der Waals surface area contributed by atoms with Crippen LogP contribution in [0, 0.1) is 0 Å². The lowest BCUT2D eigenvalue weighted by Gasteiger charge is -2.32. The molecule has 1 aromatic heterocycles. The van der Waals surface area contributed by atoms with E-state index in [1.54, 1.807) is 24.1 Å². The molecule has 7 heteroatoms. The Bertz CT molecular complexity index is 1050. The minimum Gasteiger partial charge on any atom is -0.493 e. The molecule has 1 aliphatic heterocycles. The normalized spacial score (nSPS) is 14.1. The van der Waals surface area contributed by atoms with E-state index in [0.717, 1.165) is 24.3 Å². The molecule has 2 heterocycles. The Morgan fingerprint density at radius 1 is 0.909 bits per heavy atom. The van der Waals surface area contributed by atoms with Gasteiger partial charge in [0.15, 0.2) is 28.8 Å². The summed E-state index contributed by atoms with van der Waals surface area (Å²) in [6.45, 7) is 3.96. The van der Waals surface area contributed by atoms with Gasteiger partial charge in [-0.1, -0.05) is 24.3 Å². The van der Waals surface area contributed by atoms with Crippen molar-refractivity contribution in [3.63, 3.8) is 0 Å². The zero-order valence-electron chi connectivity index (χ0n) is 19.0. The predicted octanol–water partition coefficient (Wildman–Crippen LogP) is 4.95. The summed E-state index contributed by atoms with van der Waals surface area (Å²) >= 11 is 0. The van der Waals surface area contributed by atoms with Gasteiger partial charge in [-0.2, -0.15) is 0 Å². The standard InChI is InChI=1S/C26H29NO6/c1-3-30-23-10-6-7-11-24(23)32-19-14-16-27(17-15-19)26(28)25-13-12-20(33-25)18-31-22-9-5-4-8-21(22)29-2/h4-13,19H,3,14-18H2,1-2H3. The van der Waals surface area contributed by atoms with E-state index in [4.69, 9.17) is 23.4 Å². The number of furan rings is 1. The molecule has 1 aliphatic rings. The molecule has 0 atom stereocenters. The molecule has 0 radical (unpaired) electrons. The Morgan fingerprint density at radius 2 is 1.55 bits per heavy atom. The van der Waals surface area contributed by atoms with Crippen molar-refractivity contribution in [1.29, 1.82) is 0 Å². The molecular formula is C26H29NO6. The summed E-state index contributed by atoms with van der Waals surface area (Å²) in [7, 11) is 1.60. The Morgan fingerprint density at radius 3 is 2.21 bits per heavy atom. The molecule has 33 heavy (non-hydrogen) atoms. The van der Waals surface area contributed by atoms with Gasteiger partial charge in [0.05, 0.1) is 13.7 Å². The summed E-state index contributed by atoms with van der Waals surface area (Å²) in [6, 6.07) is 18.6.